The molecule has 2 heteroatoms. The van der Waals surface area contributed by atoms with Crippen LogP contribution in [0.3, 0.4) is 0 Å². The molecule has 0 fully saturated rings. The van der Waals surface area contributed by atoms with Gasteiger partial charge in [-0.1, -0.05) is 27.7 Å². The van der Waals surface area contributed by atoms with E-state index in [1.165, 1.54) is 0 Å². The Morgan fingerprint density at radius 1 is 0.917 bits per heavy atom. The molecule has 0 amide bonds. The minimum Gasteiger partial charge on any atom is -0.393 e. The highest BCUT2D eigenvalue weighted by molar-refractivity contribution is 4.67. The van der Waals surface area contributed by atoms with E-state index in [1.54, 1.807) is 0 Å². The van der Waals surface area contributed by atoms with E-state index in [-0.39, 0.29) is 18.1 Å². The van der Waals surface area contributed by atoms with Gasteiger partial charge in [0.1, 0.15) is 0 Å². The molecule has 0 heterocycles. The number of hydrogen-bond donors (Lipinski definition) is 2. The molecule has 0 saturated carbocycles. The minimum absolute atomic E-state index is 0.242. The third kappa shape index (κ3) is 5.56. The lowest BCUT2D eigenvalue weighted by Gasteiger charge is -2.19. The normalized spacial score (nSPS) is 17.0. The zero-order chi connectivity index (χ0) is 9.72. The highest BCUT2D eigenvalue weighted by Crippen LogP contribution is 2.13. The van der Waals surface area contributed by atoms with Gasteiger partial charge in [-0.15, -0.1) is 0 Å². The van der Waals surface area contributed by atoms with E-state index in [0.717, 1.165) is 6.42 Å². The Kier molecular flexibility index (Phi) is 5.51. The van der Waals surface area contributed by atoms with Crippen molar-refractivity contribution in [3.63, 3.8) is 0 Å². The second kappa shape index (κ2) is 5.55. The Hall–Kier alpha value is -0.0800. The van der Waals surface area contributed by atoms with Crippen LogP contribution >= 0.6 is 0 Å². The monoisotopic (exact) mass is 174 g/mol. The Bertz CT molecular complexity index is 110. The van der Waals surface area contributed by atoms with Gasteiger partial charge >= 0.3 is 0 Å². The summed E-state index contributed by atoms with van der Waals surface area (Å²) in [4.78, 5) is 0. The van der Waals surface area contributed by atoms with Gasteiger partial charge in [-0.3, -0.25) is 0 Å². The topological polar surface area (TPSA) is 40.5 Å². The summed E-state index contributed by atoms with van der Waals surface area (Å²) < 4.78 is 0. The van der Waals surface area contributed by atoms with Gasteiger partial charge in [0.25, 0.3) is 0 Å². The van der Waals surface area contributed by atoms with Crippen LogP contribution in [-0.2, 0) is 0 Å². The fourth-order valence-electron chi connectivity index (χ4n) is 1.19. The van der Waals surface area contributed by atoms with Crippen LogP contribution in [0, 0.1) is 11.8 Å². The van der Waals surface area contributed by atoms with Crippen molar-refractivity contribution in [1.82, 2.24) is 0 Å². The molecular formula is C10H22O2. The van der Waals surface area contributed by atoms with Gasteiger partial charge in [0.05, 0.1) is 12.2 Å². The molecule has 0 radical (unpaired) electrons. The van der Waals surface area contributed by atoms with E-state index >= 15 is 0 Å². The Balaban J connectivity index is 3.61. The molecule has 12 heavy (non-hydrogen) atoms. The van der Waals surface area contributed by atoms with Crippen molar-refractivity contribution < 1.29 is 10.2 Å². The van der Waals surface area contributed by atoms with E-state index in [9.17, 15) is 10.2 Å². The van der Waals surface area contributed by atoms with Crippen molar-refractivity contribution >= 4 is 0 Å². The zero-order valence-electron chi connectivity index (χ0n) is 8.62. The van der Waals surface area contributed by atoms with Crippen LogP contribution in [0.4, 0.5) is 0 Å². The Morgan fingerprint density at radius 3 is 1.75 bits per heavy atom. The van der Waals surface area contributed by atoms with Crippen LogP contribution in [0.2, 0.25) is 0 Å². The SMILES string of the molecule is CC(C)C[C@@H](O)C[C@H](O)C(C)C. The van der Waals surface area contributed by atoms with Crippen molar-refractivity contribution in [1.29, 1.82) is 0 Å². The number of hydrogen-bond acceptors (Lipinski definition) is 2. The maximum Gasteiger partial charge on any atom is 0.0587 e. The average Bonchev–Trinajstić information content (AvgIpc) is 1.84. The first kappa shape index (κ1) is 11.9. The van der Waals surface area contributed by atoms with E-state index in [4.69, 9.17) is 0 Å². The second-order valence-electron chi connectivity index (χ2n) is 4.33. The highest BCUT2D eigenvalue weighted by atomic mass is 16.3. The van der Waals surface area contributed by atoms with Crippen LogP contribution < -0.4 is 0 Å². The van der Waals surface area contributed by atoms with Gasteiger partial charge in [-0.2, -0.15) is 0 Å². The summed E-state index contributed by atoms with van der Waals surface area (Å²) in [6.45, 7) is 8.08. The van der Waals surface area contributed by atoms with E-state index in [0.29, 0.717) is 12.3 Å². The van der Waals surface area contributed by atoms with Crippen molar-refractivity contribution in [2.24, 2.45) is 11.8 Å². The van der Waals surface area contributed by atoms with Crippen molar-refractivity contribution in [2.45, 2.75) is 52.7 Å². The molecular weight excluding hydrogens is 152 g/mol. The van der Waals surface area contributed by atoms with Gasteiger partial charge < -0.3 is 10.2 Å². The van der Waals surface area contributed by atoms with Gasteiger partial charge in [0.15, 0.2) is 0 Å². The first-order valence-corrected chi connectivity index (χ1v) is 4.79. The molecule has 0 unspecified atom stereocenters. The molecule has 2 nitrogen and oxygen atoms in total. The van der Waals surface area contributed by atoms with Crippen molar-refractivity contribution in [2.75, 3.05) is 0 Å². The number of aliphatic hydroxyl groups is 2. The zero-order valence-corrected chi connectivity index (χ0v) is 8.62. The third-order valence-electron chi connectivity index (χ3n) is 2.03. The van der Waals surface area contributed by atoms with Crippen LogP contribution in [-0.4, -0.2) is 22.4 Å². The summed E-state index contributed by atoms with van der Waals surface area (Å²) in [7, 11) is 0. The smallest absolute Gasteiger partial charge is 0.0587 e. The maximum absolute atomic E-state index is 9.48. The minimum atomic E-state index is -0.362. The molecule has 0 aromatic carbocycles. The van der Waals surface area contributed by atoms with Crippen LogP contribution in [0.5, 0.6) is 0 Å². The first-order chi connectivity index (χ1) is 5.43. The molecule has 0 saturated heterocycles. The molecule has 0 aromatic rings. The van der Waals surface area contributed by atoms with E-state index in [2.05, 4.69) is 13.8 Å². The van der Waals surface area contributed by atoms with Gasteiger partial charge in [0, 0.05) is 0 Å². The number of rotatable bonds is 5. The van der Waals surface area contributed by atoms with Gasteiger partial charge in [0.2, 0.25) is 0 Å². The molecule has 0 aliphatic carbocycles. The maximum atomic E-state index is 9.48. The summed E-state index contributed by atoms with van der Waals surface area (Å²) >= 11 is 0. The Labute approximate surface area is 75.6 Å². The lowest BCUT2D eigenvalue weighted by Crippen LogP contribution is -2.23. The lowest BCUT2D eigenvalue weighted by molar-refractivity contribution is 0.0446. The van der Waals surface area contributed by atoms with E-state index < -0.39 is 0 Å². The molecule has 2 N–H and O–H groups in total. The molecule has 74 valence electrons. The summed E-state index contributed by atoms with van der Waals surface area (Å²) in [5.74, 6) is 0.742. The van der Waals surface area contributed by atoms with E-state index in [1.807, 2.05) is 13.8 Å². The summed E-state index contributed by atoms with van der Waals surface area (Å²) in [6, 6.07) is 0. The van der Waals surface area contributed by atoms with Crippen LogP contribution in [0.25, 0.3) is 0 Å². The molecule has 0 rings (SSSR count). The summed E-state index contributed by atoms with van der Waals surface area (Å²) in [5, 5.41) is 18.9. The fourth-order valence-corrected chi connectivity index (χ4v) is 1.19. The third-order valence-corrected chi connectivity index (χ3v) is 2.03. The molecule has 0 aliphatic heterocycles. The lowest BCUT2D eigenvalue weighted by atomic mass is 9.96. The molecule has 0 bridgehead atoms. The summed E-state index contributed by atoms with van der Waals surface area (Å²) in [5.41, 5.74) is 0. The quantitative estimate of drug-likeness (QED) is 0.667. The predicted molar refractivity (Wildman–Crippen MR) is 50.9 cm³/mol. The van der Waals surface area contributed by atoms with Crippen molar-refractivity contribution in [3.8, 4) is 0 Å². The molecule has 0 aliphatic rings. The van der Waals surface area contributed by atoms with Gasteiger partial charge in [-0.05, 0) is 24.7 Å². The predicted octanol–water partition coefficient (Wildman–Crippen LogP) is 1.80. The average molecular weight is 174 g/mol. The molecule has 0 spiro atoms. The highest BCUT2D eigenvalue weighted by Gasteiger charge is 2.15. The van der Waals surface area contributed by atoms with Gasteiger partial charge in [-0.25, -0.2) is 0 Å². The molecule has 2 atom stereocenters. The molecule has 0 aromatic heterocycles. The van der Waals surface area contributed by atoms with Crippen LogP contribution in [0.1, 0.15) is 40.5 Å². The second-order valence-corrected chi connectivity index (χ2v) is 4.33. The fraction of sp³-hybridized carbons (Fsp3) is 1.00. The largest absolute Gasteiger partial charge is 0.393 e. The number of aliphatic hydroxyl groups excluding tert-OH is 2. The van der Waals surface area contributed by atoms with Crippen LogP contribution in [0.15, 0.2) is 0 Å². The van der Waals surface area contributed by atoms with Crippen molar-refractivity contribution in [3.05, 3.63) is 0 Å². The summed E-state index contributed by atoms with van der Waals surface area (Å²) in [6.07, 6.45) is 0.584. The Morgan fingerprint density at radius 2 is 1.42 bits per heavy atom. The first-order valence-electron chi connectivity index (χ1n) is 4.79. The standard InChI is InChI=1S/C10H22O2/c1-7(2)5-9(11)6-10(12)8(3)4/h7-12H,5-6H2,1-4H3/t9-,10+/m1/s1.